The summed E-state index contributed by atoms with van der Waals surface area (Å²) in [6, 6.07) is 18.8. The maximum absolute atomic E-state index is 13.5. The SMILES string of the molecule is C=C[C@]1(C)C[C@@H](OC(=O)CN(CC)Cc2ccc(-c3ccccc3)cc2)[C@]2(C)C(C)CCC(C[C@@H]1O)C2C(C)=O. The first-order valence-corrected chi connectivity index (χ1v) is 14.9. The van der Waals surface area contributed by atoms with E-state index in [2.05, 4.69) is 61.7 Å². The van der Waals surface area contributed by atoms with Crippen LogP contribution in [0.25, 0.3) is 11.1 Å². The molecule has 2 aliphatic carbocycles. The number of benzene rings is 2. The lowest BCUT2D eigenvalue weighted by Crippen LogP contribution is -2.58. The van der Waals surface area contributed by atoms with Gasteiger partial charge < -0.3 is 9.84 Å². The van der Waals surface area contributed by atoms with E-state index in [9.17, 15) is 14.7 Å². The van der Waals surface area contributed by atoms with Gasteiger partial charge in [-0.25, -0.2) is 0 Å². The Morgan fingerprint density at radius 1 is 1.07 bits per heavy atom. The zero-order valence-electron chi connectivity index (χ0n) is 24.9. The highest BCUT2D eigenvalue weighted by Crippen LogP contribution is 2.57. The Bertz CT molecular complexity index is 1180. The van der Waals surface area contributed by atoms with Crippen LogP contribution < -0.4 is 0 Å². The Morgan fingerprint density at radius 3 is 2.33 bits per heavy atom. The minimum Gasteiger partial charge on any atom is -0.461 e. The number of Topliss-reactive ketones (excluding diaryl/α,β-unsaturated/α-hetero) is 1. The fourth-order valence-corrected chi connectivity index (χ4v) is 7.35. The van der Waals surface area contributed by atoms with E-state index in [0.29, 0.717) is 25.9 Å². The third-order valence-corrected chi connectivity index (χ3v) is 10.2. The van der Waals surface area contributed by atoms with E-state index in [1.54, 1.807) is 6.92 Å². The quantitative estimate of drug-likeness (QED) is 0.281. The Kier molecular flexibility index (Phi) is 9.36. The van der Waals surface area contributed by atoms with Crippen molar-refractivity contribution in [2.24, 2.45) is 28.6 Å². The predicted molar refractivity (Wildman–Crippen MR) is 160 cm³/mol. The average molecular weight is 546 g/mol. The maximum Gasteiger partial charge on any atom is 0.320 e. The first-order chi connectivity index (χ1) is 19.0. The molecule has 1 N–H and O–H groups in total. The predicted octanol–water partition coefficient (Wildman–Crippen LogP) is 6.69. The van der Waals surface area contributed by atoms with Gasteiger partial charge in [-0.05, 0) is 67.7 Å². The summed E-state index contributed by atoms with van der Waals surface area (Å²) in [5.41, 5.74) is 2.37. The summed E-state index contributed by atoms with van der Waals surface area (Å²) in [6.07, 6.45) is 3.56. The molecule has 4 rings (SSSR count). The van der Waals surface area contributed by atoms with Crippen LogP contribution in [0.4, 0.5) is 0 Å². The lowest BCUT2D eigenvalue weighted by Gasteiger charge is -2.56. The number of hydrogen-bond donors (Lipinski definition) is 1. The van der Waals surface area contributed by atoms with Crippen molar-refractivity contribution < 1.29 is 19.4 Å². The topological polar surface area (TPSA) is 66.8 Å². The second-order valence-electron chi connectivity index (χ2n) is 12.7. The number of rotatable bonds is 9. The molecule has 7 atom stereocenters. The largest absolute Gasteiger partial charge is 0.461 e. The van der Waals surface area contributed by atoms with Crippen LogP contribution in [0.1, 0.15) is 65.9 Å². The Hall–Kier alpha value is -2.76. The summed E-state index contributed by atoms with van der Waals surface area (Å²) in [4.78, 5) is 28.7. The monoisotopic (exact) mass is 545 g/mol. The Balaban J connectivity index is 1.52. The summed E-state index contributed by atoms with van der Waals surface area (Å²) < 4.78 is 6.37. The van der Waals surface area contributed by atoms with Crippen molar-refractivity contribution in [3.63, 3.8) is 0 Å². The zero-order chi connectivity index (χ0) is 29.1. The molecule has 3 unspecified atom stereocenters. The minimum atomic E-state index is -0.637. The van der Waals surface area contributed by atoms with Crippen LogP contribution in [0.15, 0.2) is 67.3 Å². The summed E-state index contributed by atoms with van der Waals surface area (Å²) in [5, 5.41) is 11.3. The Labute approximate surface area is 240 Å². The molecule has 5 nitrogen and oxygen atoms in total. The number of ether oxygens (including phenoxy) is 1. The molecule has 40 heavy (non-hydrogen) atoms. The van der Waals surface area contributed by atoms with Crippen molar-refractivity contribution in [1.82, 2.24) is 4.90 Å². The van der Waals surface area contributed by atoms with Crippen molar-refractivity contribution in [1.29, 1.82) is 0 Å². The van der Waals surface area contributed by atoms with Gasteiger partial charge in [0.15, 0.2) is 0 Å². The second kappa shape index (κ2) is 12.4. The van der Waals surface area contributed by atoms with E-state index >= 15 is 0 Å². The summed E-state index contributed by atoms with van der Waals surface area (Å²) in [7, 11) is 0. The van der Waals surface area contributed by atoms with Gasteiger partial charge in [-0.1, -0.05) is 88.4 Å². The van der Waals surface area contributed by atoms with Crippen LogP contribution in [0, 0.1) is 28.6 Å². The molecule has 0 aromatic heterocycles. The van der Waals surface area contributed by atoms with Crippen LogP contribution >= 0.6 is 0 Å². The first-order valence-electron chi connectivity index (χ1n) is 14.9. The standard InChI is InChI=1S/C35H47NO4/c1-7-34(5)21-31(35(6)24(3)14-17-29(20-30(34)38)33(35)25(4)37)40-32(39)23-36(8-2)22-26-15-18-28(19-16-26)27-12-10-9-11-13-27/h7,9-13,15-16,18-19,24,29-31,33,38H,1,8,14,17,20-23H2,2-6H3/t24?,29?,30-,31+,33?,34+,35-/m0/s1. The van der Waals surface area contributed by atoms with Crippen molar-refractivity contribution in [2.45, 2.75) is 79.1 Å². The number of nitrogens with zero attached hydrogens (tertiary/aromatic N) is 1. The van der Waals surface area contributed by atoms with Gasteiger partial charge >= 0.3 is 5.97 Å². The molecule has 0 spiro atoms. The molecule has 5 heteroatoms. The highest BCUT2D eigenvalue weighted by atomic mass is 16.5. The molecule has 0 heterocycles. The molecule has 2 aromatic carbocycles. The van der Waals surface area contributed by atoms with Gasteiger partial charge in [0.25, 0.3) is 0 Å². The van der Waals surface area contributed by atoms with Crippen molar-refractivity contribution in [3.05, 3.63) is 72.8 Å². The number of likely N-dealkylation sites (N-methyl/N-ethyl adjacent to an activating group) is 1. The van der Waals surface area contributed by atoms with Gasteiger partial charge in [0.05, 0.1) is 12.6 Å². The third kappa shape index (κ3) is 6.11. The number of carbonyl (C=O) groups excluding carboxylic acids is 2. The smallest absolute Gasteiger partial charge is 0.320 e. The number of carbonyl (C=O) groups is 2. The lowest BCUT2D eigenvalue weighted by atomic mass is 9.50. The second-order valence-corrected chi connectivity index (χ2v) is 12.7. The number of hydrogen-bond acceptors (Lipinski definition) is 5. The van der Waals surface area contributed by atoms with Crippen LogP contribution in [-0.2, 0) is 20.9 Å². The Morgan fingerprint density at radius 2 is 1.73 bits per heavy atom. The fraction of sp³-hybridized carbons (Fsp3) is 0.543. The zero-order valence-corrected chi connectivity index (χ0v) is 24.9. The van der Waals surface area contributed by atoms with Crippen LogP contribution in [0.2, 0.25) is 0 Å². The van der Waals surface area contributed by atoms with Gasteiger partial charge in [-0.3, -0.25) is 14.5 Å². The number of aliphatic hydroxyl groups is 1. The summed E-state index contributed by atoms with van der Waals surface area (Å²) in [6.45, 7) is 15.6. The van der Waals surface area contributed by atoms with Crippen LogP contribution in [0.3, 0.4) is 0 Å². The van der Waals surface area contributed by atoms with E-state index in [4.69, 9.17) is 4.74 Å². The summed E-state index contributed by atoms with van der Waals surface area (Å²) in [5.74, 6) is -0.121. The first kappa shape index (κ1) is 30.2. The molecule has 0 aliphatic heterocycles. The summed E-state index contributed by atoms with van der Waals surface area (Å²) >= 11 is 0. The van der Waals surface area contributed by atoms with Crippen LogP contribution in [-0.4, -0.2) is 47.1 Å². The molecule has 2 aromatic rings. The van der Waals surface area contributed by atoms with E-state index < -0.39 is 23.0 Å². The van der Waals surface area contributed by atoms with E-state index in [0.717, 1.165) is 24.0 Å². The van der Waals surface area contributed by atoms with Crippen molar-refractivity contribution in [2.75, 3.05) is 13.1 Å². The maximum atomic E-state index is 13.5. The lowest BCUT2D eigenvalue weighted by molar-refractivity contribution is -0.186. The average Bonchev–Trinajstić information content (AvgIpc) is 2.94. The molecule has 0 radical (unpaired) electrons. The molecule has 2 fully saturated rings. The van der Waals surface area contributed by atoms with Gasteiger partial charge in [0, 0.05) is 23.3 Å². The molecule has 0 amide bonds. The van der Waals surface area contributed by atoms with Gasteiger partial charge in [0.2, 0.25) is 0 Å². The number of aliphatic hydroxyl groups excluding tert-OH is 1. The van der Waals surface area contributed by atoms with Gasteiger partial charge in [-0.2, -0.15) is 0 Å². The van der Waals surface area contributed by atoms with E-state index in [-0.39, 0.29) is 36.1 Å². The molecule has 2 saturated carbocycles. The molecular formula is C35H47NO4. The van der Waals surface area contributed by atoms with E-state index in [1.807, 2.05) is 38.1 Å². The normalized spacial score (nSPS) is 32.1. The molecule has 2 bridgehead atoms. The van der Waals surface area contributed by atoms with Gasteiger partial charge in [0.1, 0.15) is 11.9 Å². The highest BCUT2D eigenvalue weighted by Gasteiger charge is 2.58. The molecular weight excluding hydrogens is 498 g/mol. The van der Waals surface area contributed by atoms with Gasteiger partial charge in [-0.15, -0.1) is 6.58 Å². The molecule has 2 aliphatic rings. The number of fused-ring (bicyclic) bond motifs is 2. The van der Waals surface area contributed by atoms with E-state index in [1.165, 1.54) is 5.56 Å². The minimum absolute atomic E-state index is 0.0699. The fourth-order valence-electron chi connectivity index (χ4n) is 7.35. The number of esters is 1. The highest BCUT2D eigenvalue weighted by molar-refractivity contribution is 5.80. The molecule has 0 saturated heterocycles. The van der Waals surface area contributed by atoms with Crippen molar-refractivity contribution >= 4 is 11.8 Å². The van der Waals surface area contributed by atoms with Crippen LogP contribution in [0.5, 0.6) is 0 Å². The molecule has 216 valence electrons. The third-order valence-electron chi connectivity index (χ3n) is 10.2. The van der Waals surface area contributed by atoms with Crippen molar-refractivity contribution in [3.8, 4) is 11.1 Å². The number of ketones is 1.